The number of thiazole rings is 1. The van der Waals surface area contributed by atoms with Gasteiger partial charge in [0.05, 0.1) is 21.8 Å². The lowest BCUT2D eigenvalue weighted by Crippen LogP contribution is -2.30. The summed E-state index contributed by atoms with van der Waals surface area (Å²) in [4.78, 5) is 33.9. The van der Waals surface area contributed by atoms with Gasteiger partial charge >= 0.3 is 0 Å². The summed E-state index contributed by atoms with van der Waals surface area (Å²) in [5, 5.41) is 12.4. The molecule has 1 unspecified atom stereocenters. The summed E-state index contributed by atoms with van der Waals surface area (Å²) in [7, 11) is 0. The number of aryl methyl sites for hydroxylation is 2. The maximum Gasteiger partial charge on any atom is 0.296 e. The number of rotatable bonds is 7. The van der Waals surface area contributed by atoms with Gasteiger partial charge in [-0.1, -0.05) is 78.1 Å². The van der Waals surface area contributed by atoms with E-state index in [9.17, 15) is 14.7 Å². The predicted octanol–water partition coefficient (Wildman–Crippen LogP) is 8.02. The molecule has 0 radical (unpaired) electrons. The number of carbonyl (C=O) groups is 2. The molecule has 8 heteroatoms. The van der Waals surface area contributed by atoms with Crippen LogP contribution in [0.15, 0.2) is 113 Å². The van der Waals surface area contributed by atoms with E-state index in [1.807, 2.05) is 74.5 Å². The third-order valence-electron chi connectivity index (χ3n) is 7.57. The second-order valence-electron chi connectivity index (χ2n) is 10.6. The molecule has 1 N–H and O–H groups in total. The Morgan fingerprint density at radius 2 is 1.72 bits per heavy atom. The van der Waals surface area contributed by atoms with Gasteiger partial charge in [-0.2, -0.15) is 0 Å². The Balaban J connectivity index is 1.30. The molecule has 3 heterocycles. The van der Waals surface area contributed by atoms with Crippen molar-refractivity contribution in [3.05, 3.63) is 136 Å². The van der Waals surface area contributed by atoms with Crippen LogP contribution in [0.3, 0.4) is 0 Å². The summed E-state index contributed by atoms with van der Waals surface area (Å²) in [5.41, 5.74) is 4.98. The van der Waals surface area contributed by atoms with E-state index in [-0.39, 0.29) is 11.3 Å². The molecule has 0 saturated carbocycles. The fourth-order valence-electron chi connectivity index (χ4n) is 5.53. The van der Waals surface area contributed by atoms with Crippen LogP contribution in [0.5, 0.6) is 5.75 Å². The number of aromatic nitrogens is 1. The molecule has 1 aliphatic heterocycles. The predicted molar refractivity (Wildman–Crippen MR) is 167 cm³/mol. The molecule has 7 rings (SSSR count). The van der Waals surface area contributed by atoms with Crippen molar-refractivity contribution in [1.82, 2.24) is 4.98 Å². The molecule has 4 aromatic carbocycles. The normalized spacial score (nSPS) is 15.2. The first kappa shape index (κ1) is 26.7. The van der Waals surface area contributed by atoms with Crippen LogP contribution in [-0.2, 0) is 11.4 Å². The van der Waals surface area contributed by atoms with Crippen molar-refractivity contribution >= 4 is 49.3 Å². The van der Waals surface area contributed by atoms with Gasteiger partial charge in [0, 0.05) is 5.39 Å². The lowest BCUT2D eigenvalue weighted by Gasteiger charge is -2.24. The maximum atomic E-state index is 14.0. The first-order chi connectivity index (χ1) is 20.9. The number of aliphatic hydroxyl groups is 1. The number of ether oxygens (including phenoxy) is 1. The van der Waals surface area contributed by atoms with E-state index in [0.717, 1.165) is 32.3 Å². The average molecular weight is 587 g/mol. The molecular formula is C35H26N2O5S. The maximum absolute atomic E-state index is 14.0. The number of amides is 1. The smallest absolute Gasteiger partial charge is 0.296 e. The zero-order chi connectivity index (χ0) is 29.7. The molecule has 0 spiro atoms. The van der Waals surface area contributed by atoms with Gasteiger partial charge in [0.1, 0.15) is 17.9 Å². The second kappa shape index (κ2) is 10.6. The molecule has 1 aliphatic rings. The van der Waals surface area contributed by atoms with E-state index in [0.29, 0.717) is 28.6 Å². The van der Waals surface area contributed by atoms with Gasteiger partial charge < -0.3 is 14.3 Å². The van der Waals surface area contributed by atoms with E-state index in [1.165, 1.54) is 16.2 Å². The summed E-state index contributed by atoms with van der Waals surface area (Å²) < 4.78 is 12.8. The van der Waals surface area contributed by atoms with Crippen LogP contribution in [0.4, 0.5) is 5.13 Å². The first-order valence-corrected chi connectivity index (χ1v) is 14.6. The second-order valence-corrected chi connectivity index (χ2v) is 11.6. The molecular weight excluding hydrogens is 560 g/mol. The number of hydrogen-bond acceptors (Lipinski definition) is 7. The number of anilines is 1. The number of carbonyl (C=O) groups excluding carboxylic acids is 2. The number of Topliss-reactive ketones (excluding diaryl/α,β-unsaturated/α-hetero) is 1. The van der Waals surface area contributed by atoms with Crippen LogP contribution in [-0.4, -0.2) is 21.8 Å². The number of benzene rings is 4. The minimum absolute atomic E-state index is 0.0426. The molecule has 0 saturated heterocycles. The highest BCUT2D eigenvalue weighted by Gasteiger charge is 2.46. The molecule has 212 valence electrons. The van der Waals surface area contributed by atoms with Crippen LogP contribution < -0.4 is 9.64 Å². The monoisotopic (exact) mass is 586 g/mol. The first-order valence-electron chi connectivity index (χ1n) is 13.8. The number of ketones is 1. The number of para-hydroxylation sites is 1. The molecule has 6 aromatic rings. The van der Waals surface area contributed by atoms with Crippen molar-refractivity contribution in [2.45, 2.75) is 26.5 Å². The molecule has 1 amide bonds. The Morgan fingerprint density at radius 1 is 0.977 bits per heavy atom. The Bertz CT molecular complexity index is 2020. The molecule has 7 nitrogen and oxygen atoms in total. The Hall–Kier alpha value is -5.21. The van der Waals surface area contributed by atoms with E-state index in [4.69, 9.17) is 14.1 Å². The summed E-state index contributed by atoms with van der Waals surface area (Å²) in [6.45, 7) is 4.38. The number of aliphatic hydroxyl groups excluding tert-OH is 1. The standard InChI is InChI=1S/C35H26N2O5S/c1-20-16-21(2)30-28(17-20)43-35(36-30)37-31(23-12-14-25(15-13-23)41-19-22-8-4-3-5-9-22)29(33(39)34(37)40)32(38)27-18-24-10-6-7-11-26(24)42-27/h3-18,31,39H,19H2,1-2H3. The van der Waals surface area contributed by atoms with Gasteiger partial charge in [-0.3, -0.25) is 14.5 Å². The largest absolute Gasteiger partial charge is 0.503 e. The Morgan fingerprint density at radius 3 is 2.49 bits per heavy atom. The minimum atomic E-state index is -0.932. The fourth-order valence-corrected chi connectivity index (χ4v) is 6.69. The van der Waals surface area contributed by atoms with Crippen molar-refractivity contribution in [1.29, 1.82) is 0 Å². The van der Waals surface area contributed by atoms with Gasteiger partial charge in [-0.25, -0.2) is 4.98 Å². The highest BCUT2D eigenvalue weighted by Crippen LogP contribution is 2.45. The SMILES string of the molecule is Cc1cc(C)c2nc(N3C(=O)C(O)=C(C(=O)c4cc5ccccc5o4)C3c3ccc(OCc4ccccc4)cc3)sc2c1. The van der Waals surface area contributed by atoms with Crippen LogP contribution in [0.2, 0.25) is 0 Å². The van der Waals surface area contributed by atoms with E-state index in [2.05, 4.69) is 0 Å². The molecule has 43 heavy (non-hydrogen) atoms. The van der Waals surface area contributed by atoms with Crippen molar-refractivity contribution in [2.75, 3.05) is 4.90 Å². The number of fused-ring (bicyclic) bond motifs is 2. The molecule has 2 aromatic heterocycles. The van der Waals surface area contributed by atoms with Gasteiger partial charge in [0.15, 0.2) is 16.7 Å². The highest BCUT2D eigenvalue weighted by atomic mass is 32.1. The lowest BCUT2D eigenvalue weighted by atomic mass is 9.95. The van der Waals surface area contributed by atoms with Crippen molar-refractivity contribution in [3.8, 4) is 5.75 Å². The van der Waals surface area contributed by atoms with Gasteiger partial charge in [-0.15, -0.1) is 0 Å². The zero-order valence-electron chi connectivity index (χ0n) is 23.4. The van der Waals surface area contributed by atoms with Crippen LogP contribution in [0.1, 0.15) is 38.9 Å². The minimum Gasteiger partial charge on any atom is -0.503 e. The third-order valence-corrected chi connectivity index (χ3v) is 8.57. The molecule has 0 bridgehead atoms. The van der Waals surface area contributed by atoms with E-state index < -0.39 is 23.5 Å². The summed E-state index contributed by atoms with van der Waals surface area (Å²) in [5.74, 6) is -1.20. The average Bonchev–Trinajstić information content (AvgIpc) is 3.71. The zero-order valence-corrected chi connectivity index (χ0v) is 24.2. The van der Waals surface area contributed by atoms with E-state index in [1.54, 1.807) is 36.4 Å². The van der Waals surface area contributed by atoms with Gasteiger partial charge in [-0.05, 0) is 66.4 Å². The number of nitrogens with zero attached hydrogens (tertiary/aromatic N) is 2. The Kier molecular flexibility index (Phi) is 6.55. The quantitative estimate of drug-likeness (QED) is 0.190. The van der Waals surface area contributed by atoms with Crippen molar-refractivity contribution < 1.29 is 23.8 Å². The molecule has 1 atom stereocenters. The summed E-state index contributed by atoms with van der Waals surface area (Å²) in [6, 6.07) is 29.1. The van der Waals surface area contributed by atoms with Gasteiger partial charge in [0.25, 0.3) is 5.91 Å². The topological polar surface area (TPSA) is 92.9 Å². The number of furan rings is 1. The van der Waals surface area contributed by atoms with Crippen LogP contribution in [0.25, 0.3) is 21.2 Å². The van der Waals surface area contributed by atoms with Crippen LogP contribution >= 0.6 is 11.3 Å². The molecule has 0 fully saturated rings. The fraction of sp³-hybridized carbons (Fsp3) is 0.114. The van der Waals surface area contributed by atoms with Crippen LogP contribution in [0, 0.1) is 13.8 Å². The highest BCUT2D eigenvalue weighted by molar-refractivity contribution is 7.22. The van der Waals surface area contributed by atoms with Crippen molar-refractivity contribution in [2.24, 2.45) is 0 Å². The third kappa shape index (κ3) is 4.75. The van der Waals surface area contributed by atoms with E-state index >= 15 is 0 Å². The number of hydrogen-bond donors (Lipinski definition) is 1. The lowest BCUT2D eigenvalue weighted by molar-refractivity contribution is -0.117. The summed E-state index contributed by atoms with van der Waals surface area (Å²) >= 11 is 1.35. The summed E-state index contributed by atoms with van der Waals surface area (Å²) in [6.07, 6.45) is 0. The molecule has 0 aliphatic carbocycles. The Labute approximate surface area is 251 Å². The van der Waals surface area contributed by atoms with Gasteiger partial charge in [0.2, 0.25) is 5.78 Å². The van der Waals surface area contributed by atoms with Crippen molar-refractivity contribution in [3.63, 3.8) is 0 Å².